The molecule has 0 aliphatic carbocycles. The third-order valence-electron chi connectivity index (χ3n) is 1.36. The van der Waals surface area contributed by atoms with Gasteiger partial charge >= 0.3 is 0 Å². The maximum atomic E-state index is 10.7. The van der Waals surface area contributed by atoms with Gasteiger partial charge in [-0.25, -0.2) is 4.79 Å². The van der Waals surface area contributed by atoms with Crippen molar-refractivity contribution in [1.82, 2.24) is 0 Å². The van der Waals surface area contributed by atoms with E-state index in [1.165, 1.54) is 6.08 Å². The third-order valence-corrected chi connectivity index (χ3v) is 1.36. The Kier molecular flexibility index (Phi) is 2.31. The lowest BCUT2D eigenvalue weighted by atomic mass is 10.2. The van der Waals surface area contributed by atoms with Gasteiger partial charge in [-0.2, -0.15) is 0 Å². The molecule has 54 valence electrons. The van der Waals surface area contributed by atoms with Gasteiger partial charge in [0.05, 0.1) is 0 Å². The summed E-state index contributed by atoms with van der Waals surface area (Å²) < 4.78 is 4.95. The molecule has 1 amide bonds. The highest BCUT2D eigenvalue weighted by atomic mass is 16.5. The Morgan fingerprint density at radius 2 is 2.50 bits per heavy atom. The second-order valence-corrected chi connectivity index (χ2v) is 2.04. The summed E-state index contributed by atoms with van der Waals surface area (Å²) in [6.45, 7) is 0.588. The van der Waals surface area contributed by atoms with E-state index in [0.29, 0.717) is 13.0 Å². The Bertz CT molecular complexity index is 177. The lowest BCUT2D eigenvalue weighted by Crippen LogP contribution is -2.16. The minimum Gasteiger partial charge on any atom is -0.368 e. The number of rotatable bonds is 1. The van der Waals surface area contributed by atoms with Crippen LogP contribution < -0.4 is 0 Å². The molecular formula is C6H7NO3. The fourth-order valence-corrected chi connectivity index (χ4v) is 0.889. The normalized spacial score (nSPS) is 23.8. The molecule has 1 atom stereocenters. The summed E-state index contributed by atoms with van der Waals surface area (Å²) >= 11 is 0. The van der Waals surface area contributed by atoms with Crippen LogP contribution in [0.4, 0.5) is 0 Å². The first-order chi connectivity index (χ1) is 4.84. The summed E-state index contributed by atoms with van der Waals surface area (Å²) in [4.78, 5) is 23.2. The first-order valence-electron chi connectivity index (χ1n) is 3.08. The number of carbonyl (C=O) groups excluding carboxylic acids is 2. The predicted octanol–water partition coefficient (Wildman–Crippen LogP) is 0.0278. The molecule has 10 heavy (non-hydrogen) atoms. The monoisotopic (exact) mass is 141 g/mol. The van der Waals surface area contributed by atoms with Crippen molar-refractivity contribution >= 4 is 12.0 Å². The molecule has 0 N–H and O–H groups in total. The van der Waals surface area contributed by atoms with Crippen LogP contribution in [-0.2, 0) is 14.3 Å². The fraction of sp³-hybridized carbons (Fsp3) is 0.667. The van der Waals surface area contributed by atoms with Crippen molar-refractivity contribution in [2.24, 2.45) is 4.99 Å². The zero-order valence-electron chi connectivity index (χ0n) is 5.37. The van der Waals surface area contributed by atoms with Crippen molar-refractivity contribution < 1.29 is 14.3 Å². The molecule has 0 bridgehead atoms. The first kappa shape index (κ1) is 7.12. The molecule has 1 rings (SSSR count). The van der Waals surface area contributed by atoms with Gasteiger partial charge in [-0.1, -0.05) is 0 Å². The number of aliphatic imine (C=N–C) groups is 1. The number of amides is 1. The summed E-state index contributed by atoms with van der Waals surface area (Å²) in [5, 5.41) is 0. The van der Waals surface area contributed by atoms with E-state index in [4.69, 9.17) is 4.74 Å². The van der Waals surface area contributed by atoms with Gasteiger partial charge in [0.2, 0.25) is 6.08 Å². The van der Waals surface area contributed by atoms with Gasteiger partial charge < -0.3 is 4.74 Å². The van der Waals surface area contributed by atoms with E-state index in [9.17, 15) is 9.59 Å². The Balaban J connectivity index is 2.47. The second kappa shape index (κ2) is 3.25. The molecule has 4 nitrogen and oxygen atoms in total. The minimum absolute atomic E-state index is 0.485. The second-order valence-electron chi connectivity index (χ2n) is 2.04. The Morgan fingerprint density at radius 3 is 3.00 bits per heavy atom. The van der Waals surface area contributed by atoms with Crippen molar-refractivity contribution in [3.05, 3.63) is 0 Å². The van der Waals surface area contributed by atoms with Crippen LogP contribution in [0.25, 0.3) is 0 Å². The van der Waals surface area contributed by atoms with Crippen LogP contribution in [0.1, 0.15) is 12.8 Å². The van der Waals surface area contributed by atoms with Crippen molar-refractivity contribution in [1.29, 1.82) is 0 Å². The molecule has 1 fully saturated rings. The van der Waals surface area contributed by atoms with Gasteiger partial charge in [-0.15, -0.1) is 4.99 Å². The predicted molar refractivity (Wildman–Crippen MR) is 32.1 cm³/mol. The van der Waals surface area contributed by atoms with Crippen molar-refractivity contribution in [3.63, 3.8) is 0 Å². The zero-order chi connectivity index (χ0) is 7.40. The lowest BCUT2D eigenvalue weighted by molar-refractivity contribution is -0.126. The summed E-state index contributed by atoms with van der Waals surface area (Å²) in [5.74, 6) is -0.507. The third kappa shape index (κ3) is 1.50. The number of ether oxygens (including phenoxy) is 1. The molecule has 0 aromatic rings. The minimum atomic E-state index is -0.507. The maximum Gasteiger partial charge on any atom is 0.285 e. The Morgan fingerprint density at radius 1 is 1.70 bits per heavy atom. The van der Waals surface area contributed by atoms with Gasteiger partial charge in [-0.3, -0.25) is 4.79 Å². The highest BCUT2D eigenvalue weighted by Crippen LogP contribution is 2.12. The molecular weight excluding hydrogens is 134 g/mol. The van der Waals surface area contributed by atoms with E-state index < -0.39 is 12.0 Å². The molecule has 4 heteroatoms. The van der Waals surface area contributed by atoms with Crippen molar-refractivity contribution in [2.75, 3.05) is 6.61 Å². The fourth-order valence-electron chi connectivity index (χ4n) is 0.889. The Hall–Kier alpha value is -0.990. The topological polar surface area (TPSA) is 55.7 Å². The molecule has 1 aliphatic rings. The van der Waals surface area contributed by atoms with Gasteiger partial charge in [0.1, 0.15) is 6.10 Å². The van der Waals surface area contributed by atoms with E-state index in [-0.39, 0.29) is 0 Å². The lowest BCUT2D eigenvalue weighted by Gasteiger charge is -1.99. The maximum absolute atomic E-state index is 10.7. The highest BCUT2D eigenvalue weighted by molar-refractivity contribution is 5.85. The van der Waals surface area contributed by atoms with Gasteiger partial charge in [0.15, 0.2) is 0 Å². The SMILES string of the molecule is O=C=NC(=O)C1CCCO1. The van der Waals surface area contributed by atoms with Crippen molar-refractivity contribution in [2.45, 2.75) is 18.9 Å². The van der Waals surface area contributed by atoms with E-state index in [2.05, 4.69) is 4.99 Å². The van der Waals surface area contributed by atoms with Crippen LogP contribution in [0.2, 0.25) is 0 Å². The zero-order valence-corrected chi connectivity index (χ0v) is 5.37. The summed E-state index contributed by atoms with van der Waals surface area (Å²) in [6, 6.07) is 0. The van der Waals surface area contributed by atoms with Gasteiger partial charge in [0.25, 0.3) is 5.91 Å². The number of isocyanates is 1. The molecule has 1 unspecified atom stereocenters. The largest absolute Gasteiger partial charge is 0.368 e. The van der Waals surface area contributed by atoms with Gasteiger partial charge in [0, 0.05) is 6.61 Å². The number of carbonyl (C=O) groups is 1. The molecule has 0 radical (unpaired) electrons. The standard InChI is InChI=1S/C6H7NO3/c8-4-7-6(9)5-2-1-3-10-5/h5H,1-3H2. The van der Waals surface area contributed by atoms with Crippen LogP contribution in [-0.4, -0.2) is 24.7 Å². The number of nitrogens with zero attached hydrogens (tertiary/aromatic N) is 1. The van der Waals surface area contributed by atoms with E-state index in [1.807, 2.05) is 0 Å². The number of hydrogen-bond acceptors (Lipinski definition) is 3. The van der Waals surface area contributed by atoms with Crippen LogP contribution in [0.15, 0.2) is 4.99 Å². The molecule has 1 heterocycles. The van der Waals surface area contributed by atoms with E-state index >= 15 is 0 Å². The Labute approximate surface area is 57.9 Å². The molecule has 0 saturated carbocycles. The molecule has 1 saturated heterocycles. The quantitative estimate of drug-likeness (QED) is 0.382. The van der Waals surface area contributed by atoms with Gasteiger partial charge in [-0.05, 0) is 12.8 Å². The van der Waals surface area contributed by atoms with E-state index in [0.717, 1.165) is 6.42 Å². The molecule has 0 aromatic heterocycles. The summed E-state index contributed by atoms with van der Waals surface area (Å²) in [6.07, 6.45) is 2.24. The van der Waals surface area contributed by atoms with Crippen LogP contribution in [0.5, 0.6) is 0 Å². The van der Waals surface area contributed by atoms with Crippen molar-refractivity contribution in [3.8, 4) is 0 Å². The molecule has 0 aromatic carbocycles. The summed E-state index contributed by atoms with van der Waals surface area (Å²) in [5.41, 5.74) is 0. The van der Waals surface area contributed by atoms with E-state index in [1.54, 1.807) is 0 Å². The summed E-state index contributed by atoms with van der Waals surface area (Å²) in [7, 11) is 0. The van der Waals surface area contributed by atoms with Crippen LogP contribution >= 0.6 is 0 Å². The smallest absolute Gasteiger partial charge is 0.285 e. The van der Waals surface area contributed by atoms with Crippen LogP contribution in [0, 0.1) is 0 Å². The highest BCUT2D eigenvalue weighted by Gasteiger charge is 2.22. The molecule has 0 spiro atoms. The van der Waals surface area contributed by atoms with Crippen LogP contribution in [0.3, 0.4) is 0 Å². The first-order valence-corrected chi connectivity index (χ1v) is 3.08. The average molecular weight is 141 g/mol. The number of hydrogen-bond donors (Lipinski definition) is 0. The average Bonchev–Trinajstić information content (AvgIpc) is 2.38. The molecule has 1 aliphatic heterocycles.